The first-order valence-corrected chi connectivity index (χ1v) is 8.59. The molecular formula is C20H23N3O4. The van der Waals surface area contributed by atoms with Crippen LogP contribution in [0.4, 0.5) is 10.5 Å². The summed E-state index contributed by atoms with van der Waals surface area (Å²) >= 11 is 0. The summed E-state index contributed by atoms with van der Waals surface area (Å²) in [7, 11) is 0. The molecule has 0 aliphatic carbocycles. The zero-order chi connectivity index (χ0) is 19.6. The molecule has 2 aromatic carbocycles. The molecule has 2 aromatic rings. The number of carbonyl (C=O) groups excluding carboxylic acids is 3. The van der Waals surface area contributed by atoms with E-state index < -0.39 is 11.9 Å². The van der Waals surface area contributed by atoms with Gasteiger partial charge in [-0.1, -0.05) is 30.3 Å². The molecule has 142 valence electrons. The van der Waals surface area contributed by atoms with E-state index in [2.05, 4.69) is 16.0 Å². The number of esters is 1. The lowest BCUT2D eigenvalue weighted by Gasteiger charge is -2.10. The minimum atomic E-state index is -0.588. The van der Waals surface area contributed by atoms with Crippen molar-refractivity contribution in [3.63, 3.8) is 0 Å². The second-order valence-corrected chi connectivity index (χ2v) is 6.17. The Morgan fingerprint density at radius 2 is 1.63 bits per heavy atom. The molecule has 7 nitrogen and oxygen atoms in total. The number of rotatable bonds is 7. The zero-order valence-corrected chi connectivity index (χ0v) is 15.3. The van der Waals surface area contributed by atoms with Crippen molar-refractivity contribution in [2.45, 2.75) is 26.4 Å². The molecule has 0 aliphatic rings. The van der Waals surface area contributed by atoms with Crippen molar-refractivity contribution in [2.75, 3.05) is 11.9 Å². The summed E-state index contributed by atoms with van der Waals surface area (Å²) in [4.78, 5) is 35.4. The molecule has 0 aromatic heterocycles. The maximum absolute atomic E-state index is 12.0. The minimum absolute atomic E-state index is 0.0567. The fourth-order valence-electron chi connectivity index (χ4n) is 2.19. The van der Waals surface area contributed by atoms with Gasteiger partial charge < -0.3 is 20.7 Å². The molecule has 0 saturated carbocycles. The number of hydrogen-bond acceptors (Lipinski definition) is 4. The second-order valence-electron chi connectivity index (χ2n) is 6.17. The molecule has 0 bridgehead atoms. The predicted molar refractivity (Wildman–Crippen MR) is 102 cm³/mol. The van der Waals surface area contributed by atoms with Crippen molar-refractivity contribution in [3.05, 3.63) is 65.7 Å². The maximum Gasteiger partial charge on any atom is 0.338 e. The SMILES string of the molecule is CC(C)NC(=O)NCc1ccc(C(=O)OCC(=O)Nc2ccccc2)cc1. The molecule has 0 saturated heterocycles. The van der Waals surface area contributed by atoms with Crippen molar-refractivity contribution in [1.82, 2.24) is 10.6 Å². The van der Waals surface area contributed by atoms with Crippen LogP contribution >= 0.6 is 0 Å². The van der Waals surface area contributed by atoms with Gasteiger partial charge in [-0.05, 0) is 43.7 Å². The van der Waals surface area contributed by atoms with Crippen LogP contribution in [-0.2, 0) is 16.1 Å². The van der Waals surface area contributed by atoms with Gasteiger partial charge in [0.1, 0.15) is 0 Å². The summed E-state index contributed by atoms with van der Waals surface area (Å²) in [6, 6.07) is 15.3. The molecule has 0 spiro atoms. The van der Waals surface area contributed by atoms with Gasteiger partial charge in [-0.2, -0.15) is 0 Å². The Labute approximate surface area is 158 Å². The van der Waals surface area contributed by atoms with Crippen LogP contribution in [0.5, 0.6) is 0 Å². The lowest BCUT2D eigenvalue weighted by Crippen LogP contribution is -2.39. The van der Waals surface area contributed by atoms with Crippen LogP contribution in [0.25, 0.3) is 0 Å². The highest BCUT2D eigenvalue weighted by Crippen LogP contribution is 2.07. The van der Waals surface area contributed by atoms with Gasteiger partial charge in [0.25, 0.3) is 5.91 Å². The topological polar surface area (TPSA) is 96.5 Å². The first kappa shape index (κ1) is 20.0. The van der Waals surface area contributed by atoms with Crippen LogP contribution in [0, 0.1) is 0 Å². The first-order chi connectivity index (χ1) is 12.9. The predicted octanol–water partition coefficient (Wildman–Crippen LogP) is 2.69. The van der Waals surface area contributed by atoms with Crippen molar-refractivity contribution < 1.29 is 19.1 Å². The average Bonchev–Trinajstić information content (AvgIpc) is 2.65. The number of carbonyl (C=O) groups is 3. The van der Waals surface area contributed by atoms with E-state index in [1.807, 2.05) is 19.9 Å². The van der Waals surface area contributed by atoms with E-state index in [0.29, 0.717) is 17.8 Å². The van der Waals surface area contributed by atoms with Gasteiger partial charge in [0.15, 0.2) is 6.61 Å². The highest BCUT2D eigenvalue weighted by molar-refractivity contribution is 5.95. The van der Waals surface area contributed by atoms with E-state index in [9.17, 15) is 14.4 Å². The average molecular weight is 369 g/mol. The molecular weight excluding hydrogens is 346 g/mol. The van der Waals surface area contributed by atoms with Crippen molar-refractivity contribution in [3.8, 4) is 0 Å². The van der Waals surface area contributed by atoms with Gasteiger partial charge in [0.2, 0.25) is 0 Å². The Bertz CT molecular complexity index is 774. The Morgan fingerprint density at radius 1 is 0.963 bits per heavy atom. The maximum atomic E-state index is 12.0. The van der Waals surface area contributed by atoms with E-state index >= 15 is 0 Å². The summed E-state index contributed by atoms with van der Waals surface area (Å²) in [5.41, 5.74) is 1.81. The van der Waals surface area contributed by atoms with E-state index in [0.717, 1.165) is 5.56 Å². The van der Waals surface area contributed by atoms with Gasteiger partial charge in [-0.3, -0.25) is 4.79 Å². The molecule has 7 heteroatoms. The third kappa shape index (κ3) is 7.19. The van der Waals surface area contributed by atoms with Crippen LogP contribution in [0.1, 0.15) is 29.8 Å². The number of hydrogen-bond donors (Lipinski definition) is 3. The molecule has 0 heterocycles. The number of ether oxygens (including phenoxy) is 1. The van der Waals surface area contributed by atoms with Crippen molar-refractivity contribution >= 4 is 23.6 Å². The number of urea groups is 1. The number of anilines is 1. The smallest absolute Gasteiger partial charge is 0.338 e. The number of amides is 3. The van der Waals surface area contributed by atoms with Crippen LogP contribution in [0.2, 0.25) is 0 Å². The Balaban J connectivity index is 1.77. The molecule has 3 N–H and O–H groups in total. The van der Waals surface area contributed by atoms with E-state index in [1.54, 1.807) is 48.5 Å². The van der Waals surface area contributed by atoms with Crippen molar-refractivity contribution in [1.29, 1.82) is 0 Å². The minimum Gasteiger partial charge on any atom is -0.452 e. The Morgan fingerprint density at radius 3 is 2.26 bits per heavy atom. The Kier molecular flexibility index (Phi) is 7.37. The largest absolute Gasteiger partial charge is 0.452 e. The summed E-state index contributed by atoms with van der Waals surface area (Å²) in [6.45, 7) is 3.72. The fraction of sp³-hybridized carbons (Fsp3) is 0.250. The molecule has 0 atom stereocenters. The third-order valence-electron chi connectivity index (χ3n) is 3.45. The normalized spacial score (nSPS) is 10.2. The molecule has 3 amide bonds. The van der Waals surface area contributed by atoms with Crippen LogP contribution in [0.3, 0.4) is 0 Å². The van der Waals surface area contributed by atoms with Crippen molar-refractivity contribution in [2.24, 2.45) is 0 Å². The third-order valence-corrected chi connectivity index (χ3v) is 3.45. The standard InChI is InChI=1S/C20H23N3O4/c1-14(2)22-20(26)21-12-15-8-10-16(11-9-15)19(25)27-13-18(24)23-17-6-4-3-5-7-17/h3-11,14H,12-13H2,1-2H3,(H,23,24)(H2,21,22,26). The monoisotopic (exact) mass is 369 g/mol. The highest BCUT2D eigenvalue weighted by atomic mass is 16.5. The lowest BCUT2D eigenvalue weighted by atomic mass is 10.1. The molecule has 2 rings (SSSR count). The number of benzene rings is 2. The van der Waals surface area contributed by atoms with Gasteiger partial charge >= 0.3 is 12.0 Å². The molecule has 27 heavy (non-hydrogen) atoms. The second kappa shape index (κ2) is 9.96. The first-order valence-electron chi connectivity index (χ1n) is 8.59. The molecule has 0 fully saturated rings. The van der Waals surface area contributed by atoms with Gasteiger partial charge in [-0.25, -0.2) is 9.59 Å². The Hall–Kier alpha value is -3.35. The van der Waals surface area contributed by atoms with Crippen LogP contribution < -0.4 is 16.0 Å². The van der Waals surface area contributed by atoms with Crippen LogP contribution in [0.15, 0.2) is 54.6 Å². The van der Waals surface area contributed by atoms with E-state index in [1.165, 1.54) is 0 Å². The van der Waals surface area contributed by atoms with E-state index in [-0.39, 0.29) is 18.7 Å². The highest BCUT2D eigenvalue weighted by Gasteiger charge is 2.10. The summed E-state index contributed by atoms with van der Waals surface area (Å²) < 4.78 is 5.01. The van der Waals surface area contributed by atoms with Gasteiger partial charge in [0.05, 0.1) is 5.56 Å². The molecule has 0 unspecified atom stereocenters. The summed E-state index contributed by atoms with van der Waals surface area (Å²) in [6.07, 6.45) is 0. The summed E-state index contributed by atoms with van der Waals surface area (Å²) in [5, 5.41) is 8.08. The lowest BCUT2D eigenvalue weighted by molar-refractivity contribution is -0.119. The fourth-order valence-corrected chi connectivity index (χ4v) is 2.19. The van der Waals surface area contributed by atoms with Crippen LogP contribution in [-0.4, -0.2) is 30.6 Å². The molecule has 0 aliphatic heterocycles. The zero-order valence-electron chi connectivity index (χ0n) is 15.3. The summed E-state index contributed by atoms with van der Waals surface area (Å²) in [5.74, 6) is -0.998. The molecule has 0 radical (unpaired) electrons. The van der Waals surface area contributed by atoms with Gasteiger partial charge in [-0.15, -0.1) is 0 Å². The quantitative estimate of drug-likeness (QED) is 0.654. The van der Waals surface area contributed by atoms with E-state index in [4.69, 9.17) is 4.74 Å². The van der Waals surface area contributed by atoms with Gasteiger partial charge in [0, 0.05) is 18.3 Å². The number of para-hydroxylation sites is 1. The number of nitrogens with one attached hydrogen (secondary N) is 3.